The molecule has 2 aromatic rings. The van der Waals surface area contributed by atoms with Crippen LogP contribution in [0.25, 0.3) is 0 Å². The maximum absolute atomic E-state index is 12.1. The molecule has 0 fully saturated rings. The Morgan fingerprint density at radius 1 is 1.03 bits per heavy atom. The van der Waals surface area contributed by atoms with Gasteiger partial charge in [0.05, 0.1) is 25.2 Å². The molecule has 0 unspecified atom stereocenters. The van der Waals surface area contributed by atoms with E-state index in [-0.39, 0.29) is 18.6 Å². The number of carbonyl (C=O) groups is 3. The molecule has 0 radical (unpaired) electrons. The highest BCUT2D eigenvalue weighted by Gasteiger charge is 2.13. The van der Waals surface area contributed by atoms with Crippen molar-refractivity contribution in [2.45, 2.75) is 19.8 Å². The zero-order valence-corrected chi connectivity index (χ0v) is 17.0. The van der Waals surface area contributed by atoms with Gasteiger partial charge in [-0.2, -0.15) is 0 Å². The van der Waals surface area contributed by atoms with Crippen LogP contribution in [-0.4, -0.2) is 38.0 Å². The van der Waals surface area contributed by atoms with Crippen LogP contribution in [0.2, 0.25) is 5.02 Å². The smallest absolute Gasteiger partial charge is 0.306 e. The van der Waals surface area contributed by atoms with Gasteiger partial charge in [-0.15, -0.1) is 0 Å². The molecule has 0 aliphatic rings. The number of hydrogen-bond donors (Lipinski definition) is 1. The number of nitrogens with one attached hydrogen (secondary N) is 1. The van der Waals surface area contributed by atoms with E-state index in [9.17, 15) is 14.4 Å². The van der Waals surface area contributed by atoms with Gasteiger partial charge in [-0.1, -0.05) is 11.6 Å². The van der Waals surface area contributed by atoms with E-state index in [1.165, 1.54) is 13.2 Å². The molecule has 1 N–H and O–H groups in total. The molecule has 7 nitrogen and oxygen atoms in total. The topological polar surface area (TPSA) is 90.9 Å². The third kappa shape index (κ3) is 7.12. The van der Waals surface area contributed by atoms with Gasteiger partial charge < -0.3 is 19.5 Å². The van der Waals surface area contributed by atoms with Crippen LogP contribution in [0.5, 0.6) is 11.5 Å². The summed E-state index contributed by atoms with van der Waals surface area (Å²) in [6, 6.07) is 11.4. The Hall–Kier alpha value is -3.06. The number of hydrogen-bond acceptors (Lipinski definition) is 6. The Morgan fingerprint density at radius 3 is 2.38 bits per heavy atom. The molecule has 0 bridgehead atoms. The van der Waals surface area contributed by atoms with Crippen LogP contribution in [0.4, 0.5) is 5.69 Å². The molecule has 1 amide bonds. The largest absolute Gasteiger partial charge is 0.495 e. The molecule has 0 atom stereocenters. The molecule has 0 saturated heterocycles. The summed E-state index contributed by atoms with van der Waals surface area (Å²) in [5, 5.41) is 2.90. The zero-order valence-electron chi connectivity index (χ0n) is 16.2. The molecule has 0 aliphatic heterocycles. The van der Waals surface area contributed by atoms with Crippen molar-refractivity contribution in [1.82, 2.24) is 0 Å². The molecule has 2 rings (SSSR count). The van der Waals surface area contributed by atoms with E-state index in [1.54, 1.807) is 36.4 Å². The first-order valence-electron chi connectivity index (χ1n) is 8.98. The normalized spacial score (nSPS) is 10.2. The van der Waals surface area contributed by atoms with Crippen LogP contribution in [0.3, 0.4) is 0 Å². The second kappa shape index (κ2) is 11.1. The maximum Gasteiger partial charge on any atom is 0.306 e. The maximum atomic E-state index is 12.1. The number of methoxy groups -OCH3 is 1. The molecule has 0 heterocycles. The van der Waals surface area contributed by atoms with Crippen molar-refractivity contribution in [3.05, 3.63) is 53.1 Å². The van der Waals surface area contributed by atoms with Crippen molar-refractivity contribution in [1.29, 1.82) is 0 Å². The first-order valence-corrected chi connectivity index (χ1v) is 9.35. The quantitative estimate of drug-likeness (QED) is 0.464. The van der Waals surface area contributed by atoms with E-state index >= 15 is 0 Å². The highest BCUT2D eigenvalue weighted by molar-refractivity contribution is 6.32. The number of rotatable bonds is 10. The third-order valence-corrected chi connectivity index (χ3v) is 4.14. The fraction of sp³-hybridized carbons (Fsp3) is 0.286. The Kier molecular flexibility index (Phi) is 8.48. The second-order valence-corrected chi connectivity index (χ2v) is 6.35. The van der Waals surface area contributed by atoms with E-state index in [0.29, 0.717) is 34.4 Å². The molecule has 0 saturated carbocycles. The number of esters is 1. The Morgan fingerprint density at radius 2 is 1.76 bits per heavy atom. The summed E-state index contributed by atoms with van der Waals surface area (Å²) in [6.07, 6.45) is -0.129. The number of ketones is 1. The average molecular weight is 420 g/mol. The van der Waals surface area contributed by atoms with Gasteiger partial charge in [0.2, 0.25) is 0 Å². The van der Waals surface area contributed by atoms with Gasteiger partial charge >= 0.3 is 5.97 Å². The summed E-state index contributed by atoms with van der Waals surface area (Å²) in [5.74, 6) is -0.187. The molecule has 8 heteroatoms. The lowest BCUT2D eigenvalue weighted by molar-refractivity contribution is -0.147. The molecule has 154 valence electrons. The number of Topliss-reactive ketones (excluding diaryl/α,β-unsaturated/α-hetero) is 1. The van der Waals surface area contributed by atoms with E-state index in [1.807, 2.05) is 6.92 Å². The van der Waals surface area contributed by atoms with Crippen molar-refractivity contribution < 1.29 is 28.6 Å². The molecule has 2 aromatic carbocycles. The van der Waals surface area contributed by atoms with Gasteiger partial charge in [0.25, 0.3) is 5.91 Å². The summed E-state index contributed by atoms with van der Waals surface area (Å²) in [5.41, 5.74) is 0.929. The number of carbonyl (C=O) groups excluding carboxylic acids is 3. The minimum Gasteiger partial charge on any atom is -0.495 e. The number of amides is 1. The summed E-state index contributed by atoms with van der Waals surface area (Å²) in [4.78, 5) is 35.8. The van der Waals surface area contributed by atoms with Crippen molar-refractivity contribution in [2.75, 3.05) is 25.6 Å². The zero-order chi connectivity index (χ0) is 21.2. The highest BCUT2D eigenvalue weighted by atomic mass is 35.5. The molecule has 0 aliphatic carbocycles. The van der Waals surface area contributed by atoms with Crippen LogP contribution in [-0.2, 0) is 14.3 Å². The van der Waals surface area contributed by atoms with Crippen LogP contribution in [0.15, 0.2) is 42.5 Å². The lowest BCUT2D eigenvalue weighted by atomic mass is 10.1. The summed E-state index contributed by atoms with van der Waals surface area (Å²) >= 11 is 5.99. The predicted molar refractivity (Wildman–Crippen MR) is 109 cm³/mol. The van der Waals surface area contributed by atoms with Gasteiger partial charge in [-0.3, -0.25) is 14.4 Å². The van der Waals surface area contributed by atoms with E-state index < -0.39 is 18.5 Å². The lowest BCUT2D eigenvalue weighted by Gasteiger charge is -2.09. The Balaban J connectivity index is 1.74. The minimum atomic E-state index is -0.632. The first kappa shape index (κ1) is 22.2. The summed E-state index contributed by atoms with van der Waals surface area (Å²) < 4.78 is 15.3. The molecule has 0 aromatic heterocycles. The van der Waals surface area contributed by atoms with Gasteiger partial charge in [-0.25, -0.2) is 0 Å². The van der Waals surface area contributed by atoms with E-state index in [0.717, 1.165) is 0 Å². The van der Waals surface area contributed by atoms with Gasteiger partial charge in [0, 0.05) is 17.7 Å². The molecular weight excluding hydrogens is 398 g/mol. The minimum absolute atomic E-state index is 0.0114. The fourth-order valence-corrected chi connectivity index (χ4v) is 2.68. The lowest BCUT2D eigenvalue weighted by Crippen LogP contribution is -2.21. The monoisotopic (exact) mass is 419 g/mol. The van der Waals surface area contributed by atoms with Crippen LogP contribution >= 0.6 is 11.6 Å². The van der Waals surface area contributed by atoms with Gasteiger partial charge in [0.1, 0.15) is 11.5 Å². The molecule has 0 spiro atoms. The second-order valence-electron chi connectivity index (χ2n) is 5.94. The number of anilines is 1. The number of benzene rings is 2. The van der Waals surface area contributed by atoms with Crippen molar-refractivity contribution in [3.63, 3.8) is 0 Å². The van der Waals surface area contributed by atoms with Crippen molar-refractivity contribution in [3.8, 4) is 11.5 Å². The third-order valence-electron chi connectivity index (χ3n) is 3.84. The van der Waals surface area contributed by atoms with Crippen LogP contribution < -0.4 is 14.8 Å². The SMILES string of the molecule is CCOc1ccc(C(=O)CCC(=O)OCC(=O)Nc2ccc(OC)c(Cl)c2)cc1. The van der Waals surface area contributed by atoms with Gasteiger partial charge in [-0.05, 0) is 49.4 Å². The van der Waals surface area contributed by atoms with Crippen LogP contribution in [0, 0.1) is 0 Å². The standard InChI is InChI=1S/C21H22ClNO6/c1-3-28-16-7-4-14(5-8-16)18(24)9-11-21(26)29-13-20(25)23-15-6-10-19(27-2)17(22)12-15/h4-8,10,12H,3,9,11,13H2,1-2H3,(H,23,25). The van der Waals surface area contributed by atoms with E-state index in [2.05, 4.69) is 5.32 Å². The predicted octanol–water partition coefficient (Wildman–Crippen LogP) is 3.89. The van der Waals surface area contributed by atoms with Crippen LogP contribution in [0.1, 0.15) is 30.1 Å². The highest BCUT2D eigenvalue weighted by Crippen LogP contribution is 2.27. The van der Waals surface area contributed by atoms with Crippen molar-refractivity contribution >= 4 is 34.9 Å². The number of ether oxygens (including phenoxy) is 3. The number of halogens is 1. The Labute approximate surface area is 173 Å². The Bertz CT molecular complexity index is 866. The average Bonchev–Trinajstić information content (AvgIpc) is 2.71. The summed E-state index contributed by atoms with van der Waals surface area (Å²) in [6.45, 7) is 1.95. The molecular formula is C21H22ClNO6. The van der Waals surface area contributed by atoms with Crippen molar-refractivity contribution in [2.24, 2.45) is 0 Å². The summed E-state index contributed by atoms with van der Waals surface area (Å²) in [7, 11) is 1.49. The molecule has 29 heavy (non-hydrogen) atoms. The van der Waals surface area contributed by atoms with E-state index in [4.69, 9.17) is 25.8 Å². The first-order chi connectivity index (χ1) is 13.9. The fourth-order valence-electron chi connectivity index (χ4n) is 2.42. The van der Waals surface area contributed by atoms with Gasteiger partial charge in [0.15, 0.2) is 12.4 Å².